The minimum Gasteiger partial charge on any atom is -0.317 e. The Balaban J connectivity index is 1.34. The fourth-order valence-corrected chi connectivity index (χ4v) is 6.43. The number of anilines is 1. The van der Waals surface area contributed by atoms with Crippen LogP contribution in [0.2, 0.25) is 0 Å². The maximum Gasteiger partial charge on any atom is 0.0639 e. The summed E-state index contributed by atoms with van der Waals surface area (Å²) in [5.41, 5.74) is 13.5. The lowest BCUT2D eigenvalue weighted by Gasteiger charge is -2.35. The summed E-state index contributed by atoms with van der Waals surface area (Å²) in [6.45, 7) is 5.40. The van der Waals surface area contributed by atoms with Gasteiger partial charge in [0.1, 0.15) is 0 Å². The number of aliphatic imine (C=N–C) groups is 1. The summed E-state index contributed by atoms with van der Waals surface area (Å²) in [7, 11) is 0. The van der Waals surface area contributed by atoms with Crippen molar-refractivity contribution in [2.45, 2.75) is 25.8 Å². The largest absolute Gasteiger partial charge is 0.317 e. The maximum atomic E-state index is 4.73. The van der Waals surface area contributed by atoms with Crippen LogP contribution in [0.4, 0.5) is 5.69 Å². The van der Waals surface area contributed by atoms with Crippen molar-refractivity contribution in [1.82, 2.24) is 0 Å². The van der Waals surface area contributed by atoms with E-state index in [0.717, 1.165) is 36.1 Å². The standard InChI is InChI=1S/C42H36N2/c1-31-38-19-11-12-20-40(38)41(35-17-9-4-10-18-35)30-44(42-27-36(23-26-39(31)42)34-15-7-3-8-16-34)37-24-21-33(22-25-37)29-43-28-32-13-5-2-6-14-32/h2-17,19-22,24-25,27,29-30,35H,1,18,23,26,28H2/b41-30-,43-29?. The molecule has 0 aromatic heterocycles. The van der Waals surface area contributed by atoms with Gasteiger partial charge in [-0.1, -0.05) is 128 Å². The monoisotopic (exact) mass is 568 g/mol. The summed E-state index contributed by atoms with van der Waals surface area (Å²) in [6, 6.07) is 38.8. The van der Waals surface area contributed by atoms with Gasteiger partial charge in [-0.25, -0.2) is 0 Å². The molecule has 4 aromatic rings. The quantitative estimate of drug-likeness (QED) is 0.211. The van der Waals surface area contributed by atoms with Crippen molar-refractivity contribution in [3.8, 4) is 0 Å². The van der Waals surface area contributed by atoms with Crippen molar-refractivity contribution >= 4 is 28.6 Å². The molecule has 1 atom stereocenters. The summed E-state index contributed by atoms with van der Waals surface area (Å²) in [6.07, 6.45) is 18.6. The minimum atomic E-state index is 0.282. The van der Waals surface area contributed by atoms with E-state index < -0.39 is 0 Å². The highest BCUT2D eigenvalue weighted by Crippen LogP contribution is 2.45. The smallest absolute Gasteiger partial charge is 0.0639 e. The highest BCUT2D eigenvalue weighted by atomic mass is 15.1. The second kappa shape index (κ2) is 12.6. The van der Waals surface area contributed by atoms with Gasteiger partial charge < -0.3 is 4.90 Å². The first-order valence-electron chi connectivity index (χ1n) is 15.5. The summed E-state index contributed by atoms with van der Waals surface area (Å²) in [5.74, 6) is 0.282. The normalized spacial score (nSPS) is 19.1. The lowest BCUT2D eigenvalue weighted by Crippen LogP contribution is -2.23. The Hall–Kier alpha value is -5.21. The van der Waals surface area contributed by atoms with Gasteiger partial charge in [0.15, 0.2) is 0 Å². The molecule has 44 heavy (non-hydrogen) atoms. The Morgan fingerprint density at radius 2 is 1.50 bits per heavy atom. The van der Waals surface area contributed by atoms with Crippen molar-refractivity contribution in [3.05, 3.63) is 191 Å². The molecule has 0 bridgehead atoms. The van der Waals surface area contributed by atoms with E-state index in [1.54, 1.807) is 0 Å². The van der Waals surface area contributed by atoms with Crippen LogP contribution >= 0.6 is 0 Å². The second-order valence-corrected chi connectivity index (χ2v) is 11.6. The predicted octanol–water partition coefficient (Wildman–Crippen LogP) is 10.4. The number of allylic oxidation sites excluding steroid dienone is 9. The van der Waals surface area contributed by atoms with Gasteiger partial charge in [0.05, 0.1) is 6.54 Å². The molecule has 4 aromatic carbocycles. The predicted molar refractivity (Wildman–Crippen MR) is 187 cm³/mol. The molecule has 0 spiro atoms. The van der Waals surface area contributed by atoms with Crippen LogP contribution in [0.5, 0.6) is 0 Å². The van der Waals surface area contributed by atoms with E-state index in [-0.39, 0.29) is 5.92 Å². The summed E-state index contributed by atoms with van der Waals surface area (Å²) in [5, 5.41) is 0. The van der Waals surface area contributed by atoms with Crippen LogP contribution in [-0.2, 0) is 6.54 Å². The summed E-state index contributed by atoms with van der Waals surface area (Å²) in [4.78, 5) is 7.11. The lowest BCUT2D eigenvalue weighted by molar-refractivity contribution is 0.837. The number of nitrogens with zero attached hydrogens (tertiary/aromatic N) is 2. The first kappa shape index (κ1) is 27.6. The van der Waals surface area contributed by atoms with Crippen LogP contribution in [0.3, 0.4) is 0 Å². The highest BCUT2D eigenvalue weighted by molar-refractivity contribution is 5.93. The maximum absolute atomic E-state index is 4.73. The summed E-state index contributed by atoms with van der Waals surface area (Å²) >= 11 is 0. The van der Waals surface area contributed by atoms with Gasteiger partial charge >= 0.3 is 0 Å². The van der Waals surface area contributed by atoms with Gasteiger partial charge in [-0.2, -0.15) is 0 Å². The summed E-state index contributed by atoms with van der Waals surface area (Å²) < 4.78 is 0. The first-order chi connectivity index (χ1) is 21.7. The molecule has 214 valence electrons. The molecule has 1 unspecified atom stereocenters. The molecule has 1 heterocycles. The molecule has 2 nitrogen and oxygen atoms in total. The van der Waals surface area contributed by atoms with Crippen molar-refractivity contribution < 1.29 is 0 Å². The SMILES string of the molecule is C=C1C2=C(C=C(c3ccccc3)CC2)N(c2ccc(C=NCc3ccccc3)cc2)/C=C(/C2C=CC=CC2)c2ccccc21. The molecule has 0 saturated heterocycles. The van der Waals surface area contributed by atoms with Crippen LogP contribution in [0.15, 0.2) is 169 Å². The number of fused-ring (bicyclic) bond motifs is 1. The fraction of sp³-hybridized carbons (Fsp3) is 0.119. The Morgan fingerprint density at radius 1 is 0.773 bits per heavy atom. The molecular weight excluding hydrogens is 532 g/mol. The van der Waals surface area contributed by atoms with Gasteiger partial charge in [0.25, 0.3) is 0 Å². The molecule has 7 rings (SSSR count). The lowest BCUT2D eigenvalue weighted by atomic mass is 9.79. The van der Waals surface area contributed by atoms with Crippen molar-refractivity contribution in [1.29, 1.82) is 0 Å². The second-order valence-electron chi connectivity index (χ2n) is 11.6. The van der Waals surface area contributed by atoms with Crippen molar-refractivity contribution in [2.24, 2.45) is 10.9 Å². The van der Waals surface area contributed by atoms with Crippen LogP contribution < -0.4 is 4.90 Å². The molecule has 2 aliphatic carbocycles. The molecule has 1 aliphatic heterocycles. The van der Waals surface area contributed by atoms with E-state index in [2.05, 4.69) is 145 Å². The molecule has 0 amide bonds. The number of hydrogen-bond acceptors (Lipinski definition) is 2. The molecule has 0 radical (unpaired) electrons. The van der Waals surface area contributed by atoms with E-state index in [0.29, 0.717) is 6.54 Å². The van der Waals surface area contributed by atoms with E-state index in [4.69, 9.17) is 11.6 Å². The van der Waals surface area contributed by atoms with E-state index in [1.165, 1.54) is 44.7 Å². The van der Waals surface area contributed by atoms with Gasteiger partial charge in [0.2, 0.25) is 0 Å². The average molecular weight is 569 g/mol. The van der Waals surface area contributed by atoms with Gasteiger partial charge in [-0.15, -0.1) is 0 Å². The topological polar surface area (TPSA) is 15.6 Å². The highest BCUT2D eigenvalue weighted by Gasteiger charge is 2.28. The zero-order valence-electron chi connectivity index (χ0n) is 24.9. The van der Waals surface area contributed by atoms with Crippen LogP contribution in [0.1, 0.15) is 47.1 Å². The Kier molecular flexibility index (Phi) is 7.89. The fourth-order valence-electron chi connectivity index (χ4n) is 6.43. The van der Waals surface area contributed by atoms with Gasteiger partial charge in [-0.05, 0) is 87.6 Å². The number of rotatable bonds is 6. The molecule has 3 aliphatic rings. The Bertz CT molecular complexity index is 1850. The van der Waals surface area contributed by atoms with Crippen molar-refractivity contribution in [3.63, 3.8) is 0 Å². The van der Waals surface area contributed by atoms with E-state index >= 15 is 0 Å². The zero-order valence-corrected chi connectivity index (χ0v) is 24.9. The number of hydrogen-bond donors (Lipinski definition) is 0. The molecular formula is C42H36N2. The van der Waals surface area contributed by atoms with Crippen LogP contribution in [-0.4, -0.2) is 6.21 Å². The average Bonchev–Trinajstić information content (AvgIpc) is 3.09. The molecule has 0 N–H and O–H groups in total. The van der Waals surface area contributed by atoms with Crippen LogP contribution in [0, 0.1) is 5.92 Å². The minimum absolute atomic E-state index is 0.282. The molecule has 0 saturated carbocycles. The first-order valence-corrected chi connectivity index (χ1v) is 15.5. The zero-order chi connectivity index (χ0) is 29.7. The van der Waals surface area contributed by atoms with Gasteiger partial charge in [-0.3, -0.25) is 4.99 Å². The third-order valence-electron chi connectivity index (χ3n) is 8.77. The molecule has 2 heteroatoms. The molecule has 0 fully saturated rings. The van der Waals surface area contributed by atoms with E-state index in [9.17, 15) is 0 Å². The number of benzene rings is 4. The van der Waals surface area contributed by atoms with E-state index in [1.807, 2.05) is 12.3 Å². The Labute approximate surface area is 261 Å². The third kappa shape index (κ3) is 5.72. The van der Waals surface area contributed by atoms with Gasteiger partial charge in [0, 0.05) is 29.7 Å². The third-order valence-corrected chi connectivity index (χ3v) is 8.77. The van der Waals surface area contributed by atoms with Crippen molar-refractivity contribution in [2.75, 3.05) is 4.90 Å². The Morgan fingerprint density at radius 3 is 2.25 bits per heavy atom. The van der Waals surface area contributed by atoms with Crippen LogP contribution in [0.25, 0.3) is 16.7 Å².